The summed E-state index contributed by atoms with van der Waals surface area (Å²) in [6.45, 7) is 7.88. The van der Waals surface area contributed by atoms with Gasteiger partial charge in [0.1, 0.15) is 0 Å². The van der Waals surface area contributed by atoms with Gasteiger partial charge in [-0.25, -0.2) is 13.6 Å². The zero-order valence-electron chi connectivity index (χ0n) is 15.6. The molecule has 140 valence electrons. The molecule has 0 aliphatic heterocycles. The predicted octanol–water partition coefficient (Wildman–Crippen LogP) is 3.33. The summed E-state index contributed by atoms with van der Waals surface area (Å²) in [5, 5.41) is 8.10. The average Bonchev–Trinajstić information content (AvgIpc) is 2.54. The minimum Gasteiger partial charge on any atom is -0.346 e. The van der Waals surface area contributed by atoms with Crippen LogP contribution in [0.25, 0.3) is 0 Å². The molecule has 2 aromatic carbocycles. The number of primary sulfonamides is 1. The molecule has 6 heteroatoms. The molecule has 0 unspecified atom stereocenters. The lowest BCUT2D eigenvalue weighted by molar-refractivity contribution is 0.0939. The first-order valence-corrected chi connectivity index (χ1v) is 10.2. The van der Waals surface area contributed by atoms with Crippen molar-refractivity contribution in [2.75, 3.05) is 0 Å². The van der Waals surface area contributed by atoms with E-state index in [-0.39, 0.29) is 22.4 Å². The summed E-state index contributed by atoms with van der Waals surface area (Å²) in [4.78, 5) is 12.5. The average molecular weight is 375 g/mol. The lowest BCUT2D eigenvalue weighted by Gasteiger charge is -2.16. The molecule has 0 aromatic heterocycles. The molecule has 3 N–H and O–H groups in total. The van der Waals surface area contributed by atoms with Gasteiger partial charge in [-0.1, -0.05) is 44.2 Å². The number of hydrogen-bond donors (Lipinski definition) is 2. The molecule has 0 radical (unpaired) electrons. The first-order chi connectivity index (χ1) is 12.1. The van der Waals surface area contributed by atoms with Crippen molar-refractivity contribution in [1.82, 2.24) is 5.32 Å². The normalized spacial score (nSPS) is 12.8. The van der Waals surface area contributed by atoms with Crippen LogP contribution in [-0.4, -0.2) is 14.3 Å². The first-order valence-electron chi connectivity index (χ1n) is 8.61. The minimum atomic E-state index is -3.86. The summed E-state index contributed by atoms with van der Waals surface area (Å²) in [5.41, 5.74) is 3.03. The molecule has 0 bridgehead atoms. The molecular formula is C20H26N2O3S. The van der Waals surface area contributed by atoms with Crippen molar-refractivity contribution in [2.45, 2.75) is 45.1 Å². The molecular weight excluding hydrogens is 348 g/mol. The highest BCUT2D eigenvalue weighted by molar-refractivity contribution is 7.89. The van der Waals surface area contributed by atoms with E-state index in [1.54, 1.807) is 19.1 Å². The highest BCUT2D eigenvalue weighted by Gasteiger charge is 2.17. The van der Waals surface area contributed by atoms with Crippen molar-refractivity contribution in [1.29, 1.82) is 0 Å². The SMILES string of the molecule is Cc1ccc(C(=O)N[C@@H](C)c2ccc(CC(C)C)cc2)cc1S(N)(=O)=O. The Morgan fingerprint density at radius 3 is 2.23 bits per heavy atom. The molecule has 5 nitrogen and oxygen atoms in total. The van der Waals surface area contributed by atoms with E-state index in [0.717, 1.165) is 12.0 Å². The Bertz CT molecular complexity index is 888. The fraction of sp³-hybridized carbons (Fsp3) is 0.350. The van der Waals surface area contributed by atoms with E-state index in [1.807, 2.05) is 19.1 Å². The Kier molecular flexibility index (Phi) is 6.21. The molecule has 0 saturated carbocycles. The van der Waals surface area contributed by atoms with Crippen LogP contribution in [0.15, 0.2) is 47.4 Å². The molecule has 2 rings (SSSR count). The lowest BCUT2D eigenvalue weighted by atomic mass is 10.00. The third-order valence-corrected chi connectivity index (χ3v) is 5.28. The van der Waals surface area contributed by atoms with Gasteiger partial charge in [0.25, 0.3) is 5.91 Å². The van der Waals surface area contributed by atoms with Gasteiger partial charge in [-0.3, -0.25) is 4.79 Å². The summed E-state index contributed by atoms with van der Waals surface area (Å²) in [6, 6.07) is 12.5. The quantitative estimate of drug-likeness (QED) is 0.813. The van der Waals surface area contributed by atoms with Crippen LogP contribution in [0, 0.1) is 12.8 Å². The van der Waals surface area contributed by atoms with E-state index in [4.69, 9.17) is 5.14 Å². The number of carbonyl (C=O) groups is 1. The Hall–Kier alpha value is -2.18. The molecule has 0 spiro atoms. The molecule has 26 heavy (non-hydrogen) atoms. The maximum Gasteiger partial charge on any atom is 0.251 e. The van der Waals surface area contributed by atoms with Crippen LogP contribution in [0.1, 0.15) is 53.9 Å². The summed E-state index contributed by atoms with van der Waals surface area (Å²) < 4.78 is 23.3. The van der Waals surface area contributed by atoms with Gasteiger partial charge in [0.05, 0.1) is 10.9 Å². The Morgan fingerprint density at radius 1 is 1.08 bits per heavy atom. The van der Waals surface area contributed by atoms with Gasteiger partial charge >= 0.3 is 0 Å². The molecule has 0 saturated heterocycles. The number of rotatable bonds is 6. The number of nitrogens with one attached hydrogen (secondary N) is 1. The van der Waals surface area contributed by atoms with E-state index in [0.29, 0.717) is 11.5 Å². The largest absolute Gasteiger partial charge is 0.346 e. The second-order valence-corrected chi connectivity index (χ2v) is 8.59. The fourth-order valence-electron chi connectivity index (χ4n) is 2.82. The zero-order valence-corrected chi connectivity index (χ0v) is 16.4. The minimum absolute atomic E-state index is 0.0316. The lowest BCUT2D eigenvalue weighted by Crippen LogP contribution is -2.27. The van der Waals surface area contributed by atoms with Crippen molar-refractivity contribution in [3.8, 4) is 0 Å². The zero-order chi connectivity index (χ0) is 19.5. The number of sulfonamides is 1. The number of carbonyl (C=O) groups excluding carboxylic acids is 1. The van der Waals surface area contributed by atoms with Crippen molar-refractivity contribution >= 4 is 15.9 Å². The van der Waals surface area contributed by atoms with Gasteiger partial charge in [0, 0.05) is 5.56 Å². The monoisotopic (exact) mass is 374 g/mol. The van der Waals surface area contributed by atoms with Crippen LogP contribution in [0.4, 0.5) is 0 Å². The number of nitrogens with two attached hydrogens (primary N) is 1. The van der Waals surface area contributed by atoms with Crippen LogP contribution in [0.5, 0.6) is 0 Å². The highest BCUT2D eigenvalue weighted by atomic mass is 32.2. The number of aryl methyl sites for hydroxylation is 1. The van der Waals surface area contributed by atoms with Crippen molar-refractivity contribution in [3.63, 3.8) is 0 Å². The van der Waals surface area contributed by atoms with Crippen LogP contribution < -0.4 is 10.5 Å². The summed E-state index contributed by atoms with van der Waals surface area (Å²) in [7, 11) is -3.86. The number of amides is 1. The van der Waals surface area contributed by atoms with E-state index in [1.165, 1.54) is 11.6 Å². The second kappa shape index (κ2) is 8.01. The molecule has 0 aliphatic carbocycles. The third-order valence-electron chi connectivity index (χ3n) is 4.23. The van der Waals surface area contributed by atoms with Crippen LogP contribution >= 0.6 is 0 Å². The van der Waals surface area contributed by atoms with Gasteiger partial charge in [-0.2, -0.15) is 0 Å². The smallest absolute Gasteiger partial charge is 0.251 e. The fourth-order valence-corrected chi connectivity index (χ4v) is 3.63. The van der Waals surface area contributed by atoms with Crippen molar-refractivity contribution in [2.24, 2.45) is 11.1 Å². The number of benzene rings is 2. The predicted molar refractivity (Wildman–Crippen MR) is 103 cm³/mol. The maximum absolute atomic E-state index is 12.5. The van der Waals surface area contributed by atoms with Gasteiger partial charge in [-0.15, -0.1) is 0 Å². The van der Waals surface area contributed by atoms with E-state index < -0.39 is 10.0 Å². The van der Waals surface area contributed by atoms with E-state index >= 15 is 0 Å². The van der Waals surface area contributed by atoms with Crippen LogP contribution in [-0.2, 0) is 16.4 Å². The Labute approximate surface area is 155 Å². The second-order valence-electron chi connectivity index (χ2n) is 7.06. The summed E-state index contributed by atoms with van der Waals surface area (Å²) in [6.07, 6.45) is 1.01. The van der Waals surface area contributed by atoms with Crippen molar-refractivity contribution < 1.29 is 13.2 Å². The molecule has 1 amide bonds. The topological polar surface area (TPSA) is 89.3 Å². The van der Waals surface area contributed by atoms with E-state index in [9.17, 15) is 13.2 Å². The molecule has 0 fully saturated rings. The molecule has 1 atom stereocenters. The van der Waals surface area contributed by atoms with Gasteiger partial charge < -0.3 is 5.32 Å². The standard InChI is InChI=1S/C20H26N2O3S/c1-13(2)11-16-6-9-17(10-7-16)15(4)22-20(23)18-8-5-14(3)19(12-18)26(21,24)25/h5-10,12-13,15H,11H2,1-4H3,(H,22,23)(H2,21,24,25)/t15-/m0/s1. The molecule has 2 aromatic rings. The van der Waals surface area contributed by atoms with E-state index in [2.05, 4.69) is 31.3 Å². The Morgan fingerprint density at radius 2 is 1.69 bits per heavy atom. The summed E-state index contributed by atoms with van der Waals surface area (Å²) >= 11 is 0. The number of hydrogen-bond acceptors (Lipinski definition) is 3. The first kappa shape index (κ1) is 20.1. The van der Waals surface area contributed by atoms with Crippen LogP contribution in [0.2, 0.25) is 0 Å². The maximum atomic E-state index is 12.5. The van der Waals surface area contributed by atoms with Crippen molar-refractivity contribution in [3.05, 3.63) is 64.7 Å². The van der Waals surface area contributed by atoms with Gasteiger partial charge in [0.2, 0.25) is 10.0 Å². The molecule has 0 heterocycles. The Balaban J connectivity index is 2.14. The molecule has 0 aliphatic rings. The third kappa shape index (κ3) is 5.16. The summed E-state index contributed by atoms with van der Waals surface area (Å²) in [5.74, 6) is 0.251. The van der Waals surface area contributed by atoms with Gasteiger partial charge in [0.15, 0.2) is 0 Å². The highest BCUT2D eigenvalue weighted by Crippen LogP contribution is 2.18. The van der Waals surface area contributed by atoms with Crippen LogP contribution in [0.3, 0.4) is 0 Å². The van der Waals surface area contributed by atoms with Gasteiger partial charge in [-0.05, 0) is 55.0 Å².